The van der Waals surface area contributed by atoms with Crippen molar-refractivity contribution < 1.29 is 13.2 Å². The fraction of sp³-hybridized carbons (Fsp3) is 0.333. The highest BCUT2D eigenvalue weighted by Gasteiger charge is 2.22. The summed E-state index contributed by atoms with van der Waals surface area (Å²) >= 11 is 0. The van der Waals surface area contributed by atoms with E-state index in [2.05, 4.69) is 28.9 Å². The molecule has 0 saturated heterocycles. The molecule has 6 nitrogen and oxygen atoms in total. The fourth-order valence-electron chi connectivity index (χ4n) is 2.23. The van der Waals surface area contributed by atoms with E-state index in [1.165, 1.54) is 18.3 Å². The second-order valence-electron chi connectivity index (χ2n) is 6.23. The minimum atomic E-state index is -3.90. The van der Waals surface area contributed by atoms with Crippen LogP contribution in [0.2, 0.25) is 0 Å². The molecular formula is C18H23N3O3S. The highest BCUT2D eigenvalue weighted by Crippen LogP contribution is 2.21. The Morgan fingerprint density at radius 2 is 1.92 bits per heavy atom. The van der Waals surface area contributed by atoms with Gasteiger partial charge in [0.2, 0.25) is 0 Å². The van der Waals surface area contributed by atoms with E-state index in [0.29, 0.717) is 18.2 Å². The van der Waals surface area contributed by atoms with Gasteiger partial charge in [-0.05, 0) is 43.0 Å². The van der Waals surface area contributed by atoms with Crippen molar-refractivity contribution in [2.24, 2.45) is 5.92 Å². The van der Waals surface area contributed by atoms with E-state index >= 15 is 0 Å². The van der Waals surface area contributed by atoms with Crippen LogP contribution >= 0.6 is 0 Å². The Labute approximate surface area is 148 Å². The Hall–Kier alpha value is -2.41. The third-order valence-electron chi connectivity index (χ3n) is 3.71. The largest absolute Gasteiger partial charge is 0.352 e. The number of aryl methyl sites for hydroxylation is 1. The lowest BCUT2D eigenvalue weighted by Gasteiger charge is -2.14. The molecule has 0 aliphatic heterocycles. The number of rotatable bonds is 7. The molecule has 0 spiro atoms. The molecule has 1 aromatic heterocycles. The first-order chi connectivity index (χ1) is 11.8. The number of sulfonamides is 1. The van der Waals surface area contributed by atoms with Crippen LogP contribution in [0.25, 0.3) is 0 Å². The van der Waals surface area contributed by atoms with Gasteiger partial charge < -0.3 is 5.32 Å². The lowest BCUT2D eigenvalue weighted by molar-refractivity contribution is 0.0948. The number of nitrogens with one attached hydrogen (secondary N) is 2. The molecule has 2 aromatic rings. The molecule has 2 rings (SSSR count). The Morgan fingerprint density at radius 1 is 1.20 bits per heavy atom. The zero-order chi connectivity index (χ0) is 18.4. The Kier molecular flexibility index (Phi) is 6.14. The molecule has 0 aliphatic carbocycles. The predicted octanol–water partition coefficient (Wildman–Crippen LogP) is 2.97. The average Bonchev–Trinajstić information content (AvgIpc) is 2.56. The monoisotopic (exact) mass is 361 g/mol. The van der Waals surface area contributed by atoms with E-state index in [1.807, 2.05) is 0 Å². The summed E-state index contributed by atoms with van der Waals surface area (Å²) in [6.07, 6.45) is 3.86. The molecular weight excluding hydrogens is 338 g/mol. The number of hydrogen-bond acceptors (Lipinski definition) is 4. The molecule has 25 heavy (non-hydrogen) atoms. The van der Waals surface area contributed by atoms with Gasteiger partial charge in [0.05, 0.1) is 17.4 Å². The van der Waals surface area contributed by atoms with E-state index in [-0.39, 0.29) is 10.5 Å². The number of aromatic nitrogens is 1. The number of benzene rings is 1. The van der Waals surface area contributed by atoms with Gasteiger partial charge in [-0.3, -0.25) is 14.5 Å². The molecule has 0 bridgehead atoms. The number of hydrogen-bond donors (Lipinski definition) is 2. The number of nitrogens with zero attached hydrogens (tertiary/aromatic N) is 1. The second kappa shape index (κ2) is 8.11. The molecule has 134 valence electrons. The molecule has 7 heteroatoms. The summed E-state index contributed by atoms with van der Waals surface area (Å²) in [6.45, 7) is 6.40. The Bertz CT molecular complexity index is 848. The smallest absolute Gasteiger partial charge is 0.262 e. The summed E-state index contributed by atoms with van der Waals surface area (Å²) in [7, 11) is -3.90. The zero-order valence-corrected chi connectivity index (χ0v) is 15.4. The maximum absolute atomic E-state index is 12.7. The van der Waals surface area contributed by atoms with Crippen LogP contribution in [0.1, 0.15) is 36.2 Å². The van der Waals surface area contributed by atoms with Crippen molar-refractivity contribution in [1.29, 1.82) is 0 Å². The number of carbonyl (C=O) groups excluding carboxylic acids is 1. The van der Waals surface area contributed by atoms with Crippen LogP contribution in [0.3, 0.4) is 0 Å². The van der Waals surface area contributed by atoms with E-state index < -0.39 is 15.9 Å². The van der Waals surface area contributed by atoms with Gasteiger partial charge in [-0.15, -0.1) is 0 Å². The molecule has 0 unspecified atom stereocenters. The van der Waals surface area contributed by atoms with Crippen LogP contribution in [0.5, 0.6) is 0 Å². The number of carbonyl (C=O) groups is 1. The van der Waals surface area contributed by atoms with Gasteiger partial charge in [-0.1, -0.05) is 26.0 Å². The highest BCUT2D eigenvalue weighted by molar-refractivity contribution is 7.92. The third kappa shape index (κ3) is 5.03. The van der Waals surface area contributed by atoms with Crippen LogP contribution in [-0.2, 0) is 10.0 Å². The molecule has 0 atom stereocenters. The highest BCUT2D eigenvalue weighted by atomic mass is 32.2. The van der Waals surface area contributed by atoms with Crippen LogP contribution < -0.4 is 10.0 Å². The van der Waals surface area contributed by atoms with Crippen LogP contribution in [0.4, 0.5) is 5.69 Å². The summed E-state index contributed by atoms with van der Waals surface area (Å²) in [5.74, 6) is 0.0547. The van der Waals surface area contributed by atoms with Gasteiger partial charge in [0.1, 0.15) is 4.90 Å². The minimum Gasteiger partial charge on any atom is -0.352 e. The Balaban J connectivity index is 2.27. The molecule has 0 aliphatic rings. The van der Waals surface area contributed by atoms with Gasteiger partial charge in [-0.2, -0.15) is 0 Å². The lowest BCUT2D eigenvalue weighted by Crippen LogP contribution is -2.28. The fourth-order valence-corrected chi connectivity index (χ4v) is 3.55. The summed E-state index contributed by atoms with van der Waals surface area (Å²) in [5.41, 5.74) is 1.26. The standard InChI is InChI=1S/C18H23N3O3S/c1-13(2)8-11-20-18(22)15-6-4-5-7-17(15)25(23,24)21-16-12-19-10-9-14(16)3/h4-7,9-10,12-13,21H,8,11H2,1-3H3,(H,20,22). The maximum atomic E-state index is 12.7. The van der Waals surface area contributed by atoms with Crippen LogP contribution in [0.15, 0.2) is 47.6 Å². The van der Waals surface area contributed by atoms with Crippen molar-refractivity contribution in [3.63, 3.8) is 0 Å². The van der Waals surface area contributed by atoms with Crippen molar-refractivity contribution in [2.45, 2.75) is 32.1 Å². The summed E-state index contributed by atoms with van der Waals surface area (Å²) in [4.78, 5) is 16.3. The van der Waals surface area contributed by atoms with Crippen LogP contribution in [-0.4, -0.2) is 25.9 Å². The molecule has 0 saturated carbocycles. The van der Waals surface area contributed by atoms with E-state index in [9.17, 15) is 13.2 Å². The average molecular weight is 361 g/mol. The van der Waals surface area contributed by atoms with Gasteiger partial charge >= 0.3 is 0 Å². The summed E-state index contributed by atoms with van der Waals surface area (Å²) in [5, 5.41) is 2.77. The number of amides is 1. The van der Waals surface area contributed by atoms with Crippen molar-refractivity contribution in [3.05, 3.63) is 53.9 Å². The van der Waals surface area contributed by atoms with Crippen molar-refractivity contribution in [2.75, 3.05) is 11.3 Å². The first kappa shape index (κ1) is 18.9. The van der Waals surface area contributed by atoms with Crippen molar-refractivity contribution in [1.82, 2.24) is 10.3 Å². The molecule has 0 radical (unpaired) electrons. The van der Waals surface area contributed by atoms with E-state index in [1.54, 1.807) is 31.3 Å². The van der Waals surface area contributed by atoms with Crippen molar-refractivity contribution >= 4 is 21.6 Å². The molecule has 0 fully saturated rings. The maximum Gasteiger partial charge on any atom is 0.262 e. The topological polar surface area (TPSA) is 88.2 Å². The number of anilines is 1. The quantitative estimate of drug-likeness (QED) is 0.793. The van der Waals surface area contributed by atoms with Gasteiger partial charge in [0.25, 0.3) is 15.9 Å². The zero-order valence-electron chi connectivity index (χ0n) is 14.6. The van der Waals surface area contributed by atoms with E-state index in [0.717, 1.165) is 12.0 Å². The van der Waals surface area contributed by atoms with Gasteiger partial charge in [0, 0.05) is 12.7 Å². The third-order valence-corrected chi connectivity index (χ3v) is 5.14. The summed E-state index contributed by atoms with van der Waals surface area (Å²) < 4.78 is 28.0. The first-order valence-electron chi connectivity index (χ1n) is 8.12. The van der Waals surface area contributed by atoms with E-state index in [4.69, 9.17) is 0 Å². The van der Waals surface area contributed by atoms with Crippen molar-refractivity contribution in [3.8, 4) is 0 Å². The van der Waals surface area contributed by atoms with Crippen LogP contribution in [0, 0.1) is 12.8 Å². The molecule has 1 amide bonds. The Morgan fingerprint density at radius 3 is 2.60 bits per heavy atom. The SMILES string of the molecule is Cc1ccncc1NS(=O)(=O)c1ccccc1C(=O)NCCC(C)C. The second-order valence-corrected chi connectivity index (χ2v) is 7.88. The predicted molar refractivity (Wildman–Crippen MR) is 98.0 cm³/mol. The van der Waals surface area contributed by atoms with Gasteiger partial charge in [-0.25, -0.2) is 8.42 Å². The molecule has 1 heterocycles. The summed E-state index contributed by atoms with van der Waals surface area (Å²) in [6, 6.07) is 7.88. The number of pyridine rings is 1. The normalized spacial score (nSPS) is 11.4. The van der Waals surface area contributed by atoms with Gasteiger partial charge in [0.15, 0.2) is 0 Å². The first-order valence-corrected chi connectivity index (χ1v) is 9.60. The minimum absolute atomic E-state index is 0.0553. The molecule has 2 N–H and O–H groups in total. The molecule has 1 aromatic carbocycles. The lowest BCUT2D eigenvalue weighted by atomic mass is 10.1.